The molecule has 1 aliphatic rings. The first kappa shape index (κ1) is 9.27. The van der Waals surface area contributed by atoms with E-state index in [4.69, 9.17) is 9.52 Å². The maximum Gasteiger partial charge on any atom is 0.196 e. The van der Waals surface area contributed by atoms with Crippen LogP contribution >= 0.6 is 0 Å². The van der Waals surface area contributed by atoms with E-state index in [9.17, 15) is 4.79 Å². The van der Waals surface area contributed by atoms with Crippen LogP contribution < -0.4 is 4.90 Å². The van der Waals surface area contributed by atoms with Crippen molar-refractivity contribution in [3.8, 4) is 0 Å². The smallest absolute Gasteiger partial charge is 0.196 e. The Kier molecular flexibility index (Phi) is 2.54. The molecule has 0 spiro atoms. The lowest BCUT2D eigenvalue weighted by atomic mass is 10.2. The molecule has 4 nitrogen and oxygen atoms in total. The highest BCUT2D eigenvalue weighted by Gasteiger charge is 2.25. The van der Waals surface area contributed by atoms with Crippen LogP contribution in [0.15, 0.2) is 16.5 Å². The van der Waals surface area contributed by atoms with Crippen LogP contribution in [0.1, 0.15) is 23.4 Å². The van der Waals surface area contributed by atoms with Gasteiger partial charge in [0.15, 0.2) is 17.9 Å². The number of nitrogens with zero attached hydrogens (tertiary/aromatic N) is 1. The maximum atomic E-state index is 10.4. The molecule has 1 aliphatic heterocycles. The Morgan fingerprint density at radius 3 is 3.14 bits per heavy atom. The largest absolute Gasteiger partial charge is 0.438 e. The lowest BCUT2D eigenvalue weighted by Gasteiger charge is -2.21. The normalized spacial score (nSPS) is 21.5. The van der Waals surface area contributed by atoms with Crippen LogP contribution in [0.5, 0.6) is 0 Å². The van der Waals surface area contributed by atoms with Gasteiger partial charge in [0.05, 0.1) is 12.6 Å². The van der Waals surface area contributed by atoms with Crippen molar-refractivity contribution in [1.29, 1.82) is 0 Å². The molecule has 1 unspecified atom stereocenters. The number of carbonyl (C=O) groups excluding carboxylic acids is 1. The molecule has 0 aromatic carbocycles. The van der Waals surface area contributed by atoms with E-state index in [1.165, 1.54) is 0 Å². The summed E-state index contributed by atoms with van der Waals surface area (Å²) in [5.74, 6) is 1.02. The summed E-state index contributed by atoms with van der Waals surface area (Å²) in [6, 6.07) is 3.56. The van der Waals surface area contributed by atoms with E-state index < -0.39 is 0 Å². The van der Waals surface area contributed by atoms with E-state index in [2.05, 4.69) is 0 Å². The van der Waals surface area contributed by atoms with Crippen LogP contribution in [-0.4, -0.2) is 30.6 Å². The molecule has 1 atom stereocenters. The second kappa shape index (κ2) is 3.84. The molecular formula is C10H13NO3. The molecule has 0 saturated carbocycles. The van der Waals surface area contributed by atoms with Crippen LogP contribution in [0, 0.1) is 0 Å². The molecular weight excluding hydrogens is 182 g/mol. The quantitative estimate of drug-likeness (QED) is 0.732. The van der Waals surface area contributed by atoms with Gasteiger partial charge in [-0.3, -0.25) is 4.79 Å². The van der Waals surface area contributed by atoms with Crippen molar-refractivity contribution in [3.63, 3.8) is 0 Å². The predicted molar refractivity (Wildman–Crippen MR) is 51.5 cm³/mol. The van der Waals surface area contributed by atoms with Crippen molar-refractivity contribution >= 4 is 12.2 Å². The minimum atomic E-state index is 0.136. The number of furan rings is 1. The van der Waals surface area contributed by atoms with Gasteiger partial charge in [-0.1, -0.05) is 0 Å². The van der Waals surface area contributed by atoms with Crippen molar-refractivity contribution in [2.45, 2.75) is 18.9 Å². The first-order valence-corrected chi connectivity index (χ1v) is 4.77. The van der Waals surface area contributed by atoms with Gasteiger partial charge in [-0.05, 0) is 18.9 Å². The summed E-state index contributed by atoms with van der Waals surface area (Å²) in [6.45, 7) is 1.02. The highest BCUT2D eigenvalue weighted by atomic mass is 16.4. The second-order valence-corrected chi connectivity index (χ2v) is 3.47. The molecule has 0 bridgehead atoms. The number of anilines is 1. The minimum Gasteiger partial charge on any atom is -0.438 e. The predicted octanol–water partition coefficient (Wildman–Crippen LogP) is 1.05. The number of aldehydes is 1. The van der Waals surface area contributed by atoms with E-state index in [1.54, 1.807) is 12.1 Å². The van der Waals surface area contributed by atoms with Crippen LogP contribution in [0.25, 0.3) is 0 Å². The van der Waals surface area contributed by atoms with Crippen LogP contribution in [-0.2, 0) is 0 Å². The first-order chi connectivity index (χ1) is 6.85. The Hall–Kier alpha value is -1.29. The number of hydrogen-bond acceptors (Lipinski definition) is 4. The molecule has 1 N–H and O–H groups in total. The standard InChI is InChI=1S/C10H13NO3/c12-6-8-2-1-5-11(8)10-4-3-9(7-13)14-10/h3-4,7-8,12H,1-2,5-6H2. The van der Waals surface area contributed by atoms with Gasteiger partial charge >= 0.3 is 0 Å². The van der Waals surface area contributed by atoms with Gasteiger partial charge in [0.2, 0.25) is 0 Å². The monoisotopic (exact) mass is 195 g/mol. The molecule has 1 saturated heterocycles. The zero-order chi connectivity index (χ0) is 9.97. The SMILES string of the molecule is O=Cc1ccc(N2CCCC2CO)o1. The van der Waals surface area contributed by atoms with Gasteiger partial charge in [-0.2, -0.15) is 0 Å². The summed E-state index contributed by atoms with van der Waals surface area (Å²) in [7, 11) is 0. The summed E-state index contributed by atoms with van der Waals surface area (Å²) in [4.78, 5) is 12.4. The molecule has 76 valence electrons. The number of rotatable bonds is 3. The Labute approximate surface area is 82.1 Å². The number of aliphatic hydroxyl groups is 1. The molecule has 2 rings (SSSR count). The van der Waals surface area contributed by atoms with Gasteiger partial charge in [0, 0.05) is 12.6 Å². The lowest BCUT2D eigenvalue weighted by molar-refractivity contribution is 0.110. The average molecular weight is 195 g/mol. The second-order valence-electron chi connectivity index (χ2n) is 3.47. The molecule has 1 aromatic heterocycles. The van der Waals surface area contributed by atoms with Crippen LogP contribution in [0.3, 0.4) is 0 Å². The zero-order valence-corrected chi connectivity index (χ0v) is 7.85. The Balaban J connectivity index is 2.17. The fourth-order valence-electron chi connectivity index (χ4n) is 1.88. The number of carbonyl (C=O) groups is 1. The summed E-state index contributed by atoms with van der Waals surface area (Å²) in [6.07, 6.45) is 2.73. The van der Waals surface area contributed by atoms with Crippen molar-refractivity contribution in [2.24, 2.45) is 0 Å². The molecule has 2 heterocycles. The number of aliphatic hydroxyl groups excluding tert-OH is 1. The zero-order valence-electron chi connectivity index (χ0n) is 7.85. The maximum absolute atomic E-state index is 10.4. The van der Waals surface area contributed by atoms with Crippen LogP contribution in [0.2, 0.25) is 0 Å². The molecule has 0 amide bonds. The highest BCUT2D eigenvalue weighted by molar-refractivity contribution is 5.71. The fourth-order valence-corrected chi connectivity index (χ4v) is 1.88. The third kappa shape index (κ3) is 1.53. The van der Waals surface area contributed by atoms with Crippen LogP contribution in [0.4, 0.5) is 5.88 Å². The fraction of sp³-hybridized carbons (Fsp3) is 0.500. The van der Waals surface area contributed by atoms with Gasteiger partial charge in [-0.25, -0.2) is 0 Å². The van der Waals surface area contributed by atoms with Gasteiger partial charge in [0.25, 0.3) is 0 Å². The lowest BCUT2D eigenvalue weighted by Crippen LogP contribution is -2.31. The van der Waals surface area contributed by atoms with E-state index in [-0.39, 0.29) is 12.6 Å². The van der Waals surface area contributed by atoms with Crippen molar-refractivity contribution in [3.05, 3.63) is 17.9 Å². The van der Waals surface area contributed by atoms with Gasteiger partial charge in [-0.15, -0.1) is 0 Å². The van der Waals surface area contributed by atoms with Crippen molar-refractivity contribution in [1.82, 2.24) is 0 Å². The molecule has 1 aromatic rings. The van der Waals surface area contributed by atoms with Crippen molar-refractivity contribution in [2.75, 3.05) is 18.1 Å². The van der Waals surface area contributed by atoms with Crippen molar-refractivity contribution < 1.29 is 14.3 Å². The molecule has 1 fully saturated rings. The molecule has 14 heavy (non-hydrogen) atoms. The van der Waals surface area contributed by atoms with E-state index >= 15 is 0 Å². The minimum absolute atomic E-state index is 0.136. The average Bonchev–Trinajstić information content (AvgIpc) is 2.85. The highest BCUT2D eigenvalue weighted by Crippen LogP contribution is 2.26. The summed E-state index contributed by atoms with van der Waals surface area (Å²) in [5.41, 5.74) is 0. The molecule has 0 radical (unpaired) electrons. The third-order valence-electron chi connectivity index (χ3n) is 2.60. The van der Waals surface area contributed by atoms with E-state index in [1.807, 2.05) is 4.90 Å². The molecule has 4 heteroatoms. The van der Waals surface area contributed by atoms with Gasteiger partial charge < -0.3 is 14.4 Å². The summed E-state index contributed by atoms with van der Waals surface area (Å²) in [5, 5.41) is 9.11. The summed E-state index contributed by atoms with van der Waals surface area (Å²) >= 11 is 0. The van der Waals surface area contributed by atoms with E-state index in [0.717, 1.165) is 19.4 Å². The third-order valence-corrected chi connectivity index (χ3v) is 2.60. The van der Waals surface area contributed by atoms with Gasteiger partial charge in [0.1, 0.15) is 0 Å². The Bertz CT molecular complexity index is 321. The Morgan fingerprint density at radius 1 is 1.64 bits per heavy atom. The van der Waals surface area contributed by atoms with E-state index in [0.29, 0.717) is 17.9 Å². The number of hydrogen-bond donors (Lipinski definition) is 1. The Morgan fingerprint density at radius 2 is 2.50 bits per heavy atom. The summed E-state index contributed by atoms with van der Waals surface area (Å²) < 4.78 is 5.30. The molecule has 0 aliphatic carbocycles. The topological polar surface area (TPSA) is 53.7 Å². The first-order valence-electron chi connectivity index (χ1n) is 4.77.